The number of hydrogen-bond donors (Lipinski definition) is 2. The highest BCUT2D eigenvalue weighted by molar-refractivity contribution is 7.89. The van der Waals surface area contributed by atoms with Gasteiger partial charge in [0.2, 0.25) is 15.5 Å². The Morgan fingerprint density at radius 3 is 2.33 bits per heavy atom. The minimum absolute atomic E-state index is 0.0363. The third-order valence-electron chi connectivity index (χ3n) is 6.23. The van der Waals surface area contributed by atoms with Crippen LogP contribution in [0.4, 0.5) is 5.69 Å². The van der Waals surface area contributed by atoms with Crippen molar-refractivity contribution in [2.24, 2.45) is 0 Å². The van der Waals surface area contributed by atoms with E-state index in [0.29, 0.717) is 25.2 Å². The van der Waals surface area contributed by atoms with Gasteiger partial charge in [-0.1, -0.05) is 45.4 Å². The van der Waals surface area contributed by atoms with Gasteiger partial charge >= 0.3 is 0 Å². The van der Waals surface area contributed by atoms with Crippen LogP contribution in [0.5, 0.6) is 0 Å². The SMILES string of the molecule is CCCCN(CCCNC(=O)c1c[nH]c2ccc(S(=O)(=O)N(CC)CC)cc2c1=O)c1ccccc1. The van der Waals surface area contributed by atoms with Crippen LogP contribution >= 0.6 is 0 Å². The molecule has 2 N–H and O–H groups in total. The van der Waals surface area contributed by atoms with Gasteiger partial charge in [0, 0.05) is 55.5 Å². The highest BCUT2D eigenvalue weighted by Gasteiger charge is 2.23. The fraction of sp³-hybridized carbons (Fsp3) is 0.407. The summed E-state index contributed by atoms with van der Waals surface area (Å²) in [5, 5.41) is 3.01. The Hall–Kier alpha value is -3.17. The molecule has 9 heteroatoms. The quantitative estimate of drug-likeness (QED) is 0.337. The zero-order chi connectivity index (χ0) is 26.1. The van der Waals surface area contributed by atoms with E-state index in [1.54, 1.807) is 19.9 Å². The first-order valence-electron chi connectivity index (χ1n) is 12.6. The number of aromatic nitrogens is 1. The number of anilines is 1. The topological polar surface area (TPSA) is 103 Å². The molecule has 0 atom stereocenters. The van der Waals surface area contributed by atoms with Crippen LogP contribution in [0.25, 0.3) is 10.9 Å². The van der Waals surface area contributed by atoms with Gasteiger partial charge in [0.1, 0.15) is 5.56 Å². The highest BCUT2D eigenvalue weighted by atomic mass is 32.2. The molecular weight excluding hydrogens is 476 g/mol. The number of H-pyrrole nitrogens is 1. The van der Waals surface area contributed by atoms with Crippen molar-refractivity contribution < 1.29 is 13.2 Å². The van der Waals surface area contributed by atoms with Gasteiger partial charge in [0.25, 0.3) is 5.91 Å². The Balaban J connectivity index is 1.71. The standard InChI is InChI=1S/C27H36N4O4S/c1-4-7-17-30(21-12-9-8-10-13-21)18-11-16-28-27(33)24-20-29-25-15-14-22(19-23(25)26(24)32)36(34,35)31(5-2)6-3/h8-10,12-15,19-20H,4-7,11,16-18H2,1-3H3,(H,28,33)(H,29,32). The van der Waals surface area contributed by atoms with Gasteiger partial charge in [-0.2, -0.15) is 4.31 Å². The average molecular weight is 513 g/mol. The number of nitrogens with zero attached hydrogens (tertiary/aromatic N) is 2. The molecule has 0 fully saturated rings. The zero-order valence-electron chi connectivity index (χ0n) is 21.3. The maximum Gasteiger partial charge on any atom is 0.256 e. The number of carbonyl (C=O) groups excluding carboxylic acids is 1. The molecule has 0 bridgehead atoms. The number of fused-ring (bicyclic) bond motifs is 1. The maximum absolute atomic E-state index is 13.1. The van der Waals surface area contributed by atoms with E-state index in [9.17, 15) is 18.0 Å². The number of hydrogen-bond acceptors (Lipinski definition) is 5. The Bertz CT molecular complexity index is 1320. The van der Waals surface area contributed by atoms with Gasteiger partial charge < -0.3 is 15.2 Å². The predicted octanol–water partition coefficient (Wildman–Crippen LogP) is 3.99. The summed E-state index contributed by atoms with van der Waals surface area (Å²) in [6.07, 6.45) is 4.29. The molecule has 2 aromatic carbocycles. The largest absolute Gasteiger partial charge is 0.371 e. The summed E-state index contributed by atoms with van der Waals surface area (Å²) in [5.41, 5.74) is 1.10. The van der Waals surface area contributed by atoms with E-state index < -0.39 is 21.4 Å². The fourth-order valence-corrected chi connectivity index (χ4v) is 5.65. The first-order valence-corrected chi connectivity index (χ1v) is 14.0. The van der Waals surface area contributed by atoms with E-state index in [0.717, 1.165) is 38.0 Å². The third-order valence-corrected chi connectivity index (χ3v) is 8.28. The zero-order valence-corrected chi connectivity index (χ0v) is 22.1. The van der Waals surface area contributed by atoms with Crippen LogP contribution in [0.15, 0.2) is 64.4 Å². The van der Waals surface area contributed by atoms with Crippen molar-refractivity contribution in [1.82, 2.24) is 14.6 Å². The number of amides is 1. The van der Waals surface area contributed by atoms with Crippen molar-refractivity contribution in [2.75, 3.05) is 37.6 Å². The average Bonchev–Trinajstić information content (AvgIpc) is 2.89. The van der Waals surface area contributed by atoms with Crippen molar-refractivity contribution in [3.8, 4) is 0 Å². The van der Waals surface area contributed by atoms with E-state index in [4.69, 9.17) is 0 Å². The number of rotatable bonds is 13. The molecule has 8 nitrogen and oxygen atoms in total. The molecule has 1 heterocycles. The van der Waals surface area contributed by atoms with Crippen LogP contribution in [0.1, 0.15) is 50.4 Å². The molecule has 36 heavy (non-hydrogen) atoms. The molecule has 194 valence electrons. The van der Waals surface area contributed by atoms with Crippen LogP contribution < -0.4 is 15.6 Å². The van der Waals surface area contributed by atoms with Crippen LogP contribution in [0, 0.1) is 0 Å². The van der Waals surface area contributed by atoms with Gasteiger partial charge in [-0.15, -0.1) is 0 Å². The lowest BCUT2D eigenvalue weighted by Gasteiger charge is -2.24. The van der Waals surface area contributed by atoms with Gasteiger partial charge in [-0.3, -0.25) is 9.59 Å². The summed E-state index contributed by atoms with van der Waals surface area (Å²) >= 11 is 0. The van der Waals surface area contributed by atoms with Crippen LogP contribution in [0.2, 0.25) is 0 Å². The van der Waals surface area contributed by atoms with E-state index in [1.165, 1.54) is 22.6 Å². The summed E-state index contributed by atoms with van der Waals surface area (Å²) in [5.74, 6) is -0.477. The lowest BCUT2D eigenvalue weighted by molar-refractivity contribution is 0.0952. The lowest BCUT2D eigenvalue weighted by atomic mass is 10.1. The number of nitrogens with one attached hydrogen (secondary N) is 2. The van der Waals surface area contributed by atoms with Gasteiger partial charge in [-0.05, 0) is 43.2 Å². The molecule has 1 amide bonds. The molecule has 0 unspecified atom stereocenters. The second-order valence-electron chi connectivity index (χ2n) is 8.61. The first-order chi connectivity index (χ1) is 17.3. The Morgan fingerprint density at radius 2 is 1.67 bits per heavy atom. The Kier molecular flexibility index (Phi) is 9.66. The van der Waals surface area contributed by atoms with E-state index in [-0.39, 0.29) is 15.8 Å². The number of carbonyl (C=O) groups is 1. The molecule has 0 aliphatic carbocycles. The van der Waals surface area contributed by atoms with E-state index in [2.05, 4.69) is 34.3 Å². The van der Waals surface area contributed by atoms with Crippen LogP contribution in [-0.2, 0) is 10.0 Å². The second kappa shape index (κ2) is 12.7. The van der Waals surface area contributed by atoms with Crippen molar-refractivity contribution in [2.45, 2.75) is 44.9 Å². The normalized spacial score (nSPS) is 11.7. The number of benzene rings is 2. The number of sulfonamides is 1. The Morgan fingerprint density at radius 1 is 0.972 bits per heavy atom. The van der Waals surface area contributed by atoms with Crippen molar-refractivity contribution in [3.63, 3.8) is 0 Å². The monoisotopic (exact) mass is 512 g/mol. The molecule has 0 aliphatic rings. The third kappa shape index (κ3) is 6.33. The molecule has 0 saturated carbocycles. The molecule has 0 saturated heterocycles. The second-order valence-corrected chi connectivity index (χ2v) is 10.6. The summed E-state index contributed by atoms with van der Waals surface area (Å²) in [6, 6.07) is 14.6. The highest BCUT2D eigenvalue weighted by Crippen LogP contribution is 2.19. The van der Waals surface area contributed by atoms with E-state index in [1.807, 2.05) is 18.2 Å². The summed E-state index contributed by atoms with van der Waals surface area (Å²) in [7, 11) is -3.72. The lowest BCUT2D eigenvalue weighted by Crippen LogP contribution is -2.33. The molecule has 0 radical (unpaired) electrons. The van der Waals surface area contributed by atoms with Gasteiger partial charge in [0.05, 0.1) is 4.90 Å². The fourth-order valence-electron chi connectivity index (χ4n) is 4.16. The number of unbranched alkanes of at least 4 members (excludes halogenated alkanes) is 1. The molecule has 3 aromatic rings. The number of para-hydroxylation sites is 1. The molecular formula is C27H36N4O4S. The summed E-state index contributed by atoms with van der Waals surface area (Å²) in [4.78, 5) is 31.2. The summed E-state index contributed by atoms with van der Waals surface area (Å²) in [6.45, 7) is 8.49. The van der Waals surface area contributed by atoms with Crippen molar-refractivity contribution in [3.05, 3.63) is 70.5 Å². The van der Waals surface area contributed by atoms with Crippen molar-refractivity contribution >= 4 is 32.5 Å². The van der Waals surface area contributed by atoms with Crippen molar-refractivity contribution in [1.29, 1.82) is 0 Å². The smallest absolute Gasteiger partial charge is 0.256 e. The van der Waals surface area contributed by atoms with Crippen LogP contribution in [0.3, 0.4) is 0 Å². The van der Waals surface area contributed by atoms with Crippen LogP contribution in [-0.4, -0.2) is 56.3 Å². The first kappa shape index (κ1) is 27.4. The van der Waals surface area contributed by atoms with Gasteiger partial charge in [-0.25, -0.2) is 8.42 Å². The molecule has 3 rings (SSSR count). The van der Waals surface area contributed by atoms with E-state index >= 15 is 0 Å². The Labute approximate surface area is 213 Å². The predicted molar refractivity (Wildman–Crippen MR) is 145 cm³/mol. The maximum atomic E-state index is 13.1. The molecule has 0 aliphatic heterocycles. The number of pyridine rings is 1. The number of aromatic amines is 1. The minimum atomic E-state index is -3.72. The summed E-state index contributed by atoms with van der Waals surface area (Å²) < 4.78 is 27.1. The van der Waals surface area contributed by atoms with Gasteiger partial charge in [0.15, 0.2) is 0 Å². The minimum Gasteiger partial charge on any atom is -0.371 e. The molecule has 0 spiro atoms. The molecule has 1 aromatic heterocycles.